The third-order valence-corrected chi connectivity index (χ3v) is 7.18. The van der Waals surface area contributed by atoms with Crippen molar-refractivity contribution in [3.05, 3.63) is 54.6 Å². The largest absolute Gasteiger partial charge is 2.00 e. The summed E-state index contributed by atoms with van der Waals surface area (Å²) < 4.78 is 1.42. The molecule has 0 radical (unpaired) electrons. The van der Waals surface area contributed by atoms with Gasteiger partial charge in [0.05, 0.1) is 0 Å². The van der Waals surface area contributed by atoms with Crippen molar-refractivity contribution in [2.75, 3.05) is 0 Å². The summed E-state index contributed by atoms with van der Waals surface area (Å²) in [6.07, 6.45) is 0. The minimum Gasteiger partial charge on any atom is -0.214 e. The Labute approximate surface area is 105 Å². The molecule has 0 bridgehead atoms. The SMILES string of the molecule is [Cl][Hg][c-]1cccc1.[Fe+2].c1cc[cH-]c1. The molecule has 3 heteroatoms. The van der Waals surface area contributed by atoms with Crippen molar-refractivity contribution in [3.63, 3.8) is 0 Å². The summed E-state index contributed by atoms with van der Waals surface area (Å²) in [6.45, 7) is 0. The second-order valence-electron chi connectivity index (χ2n) is 2.39. The second kappa shape index (κ2) is 9.02. The molecule has 2 aromatic carbocycles. The molecule has 2 aromatic rings. The van der Waals surface area contributed by atoms with Gasteiger partial charge in [0.15, 0.2) is 0 Å². The summed E-state index contributed by atoms with van der Waals surface area (Å²) in [6, 6.07) is 18.3. The van der Waals surface area contributed by atoms with Crippen LogP contribution in [-0.4, -0.2) is 0 Å². The van der Waals surface area contributed by atoms with Crippen LogP contribution < -0.4 is 3.07 Å². The molecule has 0 aromatic heterocycles. The maximum absolute atomic E-state index is 5.69. The zero-order valence-corrected chi connectivity index (χ0v) is 14.5. The molecule has 66 valence electrons. The van der Waals surface area contributed by atoms with Gasteiger partial charge in [-0.25, -0.2) is 12.1 Å². The summed E-state index contributed by atoms with van der Waals surface area (Å²) in [5.74, 6) is 0. The maximum Gasteiger partial charge on any atom is 2.00 e. The van der Waals surface area contributed by atoms with E-state index in [2.05, 4.69) is 12.1 Å². The van der Waals surface area contributed by atoms with Gasteiger partial charge in [0.1, 0.15) is 0 Å². The van der Waals surface area contributed by atoms with Crippen molar-refractivity contribution in [1.29, 1.82) is 0 Å². The van der Waals surface area contributed by atoms with Gasteiger partial charge in [-0.05, 0) is 0 Å². The van der Waals surface area contributed by atoms with Gasteiger partial charge in [0, 0.05) is 0 Å². The molecule has 0 saturated heterocycles. The van der Waals surface area contributed by atoms with E-state index in [0.717, 1.165) is 0 Å². The first-order valence-electron chi connectivity index (χ1n) is 3.86. The molecule has 0 atom stereocenters. The molecule has 0 heterocycles. The van der Waals surface area contributed by atoms with Crippen molar-refractivity contribution in [1.82, 2.24) is 0 Å². The number of hydrogen-bond acceptors (Lipinski definition) is 0. The summed E-state index contributed by atoms with van der Waals surface area (Å²) in [5.41, 5.74) is 0. The third kappa shape index (κ3) is 6.51. The molecular formula is C10H9ClFeHg. The maximum atomic E-state index is 5.69. The Hall–Kier alpha value is 0.445. The van der Waals surface area contributed by atoms with Gasteiger partial charge < -0.3 is 0 Å². The summed E-state index contributed by atoms with van der Waals surface area (Å²) >= 11 is -1.01. The Bertz CT molecular complexity index is 246. The first-order chi connectivity index (χ1) is 5.93. The van der Waals surface area contributed by atoms with Crippen LogP contribution >= 0.6 is 8.25 Å². The molecule has 0 aliphatic carbocycles. The van der Waals surface area contributed by atoms with Crippen LogP contribution in [0.2, 0.25) is 0 Å². The predicted octanol–water partition coefficient (Wildman–Crippen LogP) is 2.67. The van der Waals surface area contributed by atoms with Crippen molar-refractivity contribution in [3.8, 4) is 0 Å². The molecule has 0 aliphatic rings. The molecule has 0 N–H and O–H groups in total. The van der Waals surface area contributed by atoms with Gasteiger partial charge in [-0.15, -0.1) is 0 Å². The quantitative estimate of drug-likeness (QED) is 0.491. The van der Waals surface area contributed by atoms with Crippen LogP contribution in [0.25, 0.3) is 0 Å². The Balaban J connectivity index is 0.000000215. The molecule has 0 amide bonds. The monoisotopic (exact) mass is 422 g/mol. The van der Waals surface area contributed by atoms with Crippen LogP contribution in [0.5, 0.6) is 0 Å². The van der Waals surface area contributed by atoms with Gasteiger partial charge >= 0.3 is 76.0 Å². The minimum atomic E-state index is -1.01. The van der Waals surface area contributed by atoms with Gasteiger partial charge in [-0.2, -0.15) is 18.2 Å². The smallest absolute Gasteiger partial charge is 0.214 e. The third-order valence-electron chi connectivity index (χ3n) is 1.44. The second-order valence-corrected chi connectivity index (χ2v) is 8.95. The number of halogens is 1. The van der Waals surface area contributed by atoms with Crippen LogP contribution in [0, 0.1) is 0 Å². The molecule has 2 rings (SSSR count). The summed E-state index contributed by atoms with van der Waals surface area (Å²) in [5, 5.41) is 0. The van der Waals surface area contributed by atoms with Crippen molar-refractivity contribution in [2.45, 2.75) is 0 Å². The van der Waals surface area contributed by atoms with Crippen LogP contribution in [0.1, 0.15) is 0 Å². The van der Waals surface area contributed by atoms with Crippen molar-refractivity contribution < 1.29 is 40.4 Å². The Morgan fingerprint density at radius 2 is 1.54 bits per heavy atom. The Morgan fingerprint density at radius 3 is 1.77 bits per heavy atom. The van der Waals surface area contributed by atoms with Crippen LogP contribution in [0.15, 0.2) is 54.6 Å². The van der Waals surface area contributed by atoms with E-state index in [9.17, 15) is 0 Å². The average Bonchev–Trinajstić information content (AvgIpc) is 2.81. The van der Waals surface area contributed by atoms with Crippen LogP contribution in [-0.2, 0) is 40.4 Å². The normalized spacial score (nSPS) is 7.46. The van der Waals surface area contributed by atoms with E-state index in [4.69, 9.17) is 8.25 Å². The van der Waals surface area contributed by atoms with Crippen LogP contribution in [0.4, 0.5) is 0 Å². The average molecular weight is 421 g/mol. The van der Waals surface area contributed by atoms with Crippen molar-refractivity contribution >= 4 is 11.3 Å². The standard InChI is InChI=1S/C5H5.C5H4.ClH.Fe.Hg/c2*1-2-4-5-3-1;;;/h1-5H;1-4H;1H;;/q2*-1;;+2;+1/p-1. The van der Waals surface area contributed by atoms with E-state index in [0.29, 0.717) is 0 Å². The van der Waals surface area contributed by atoms with Gasteiger partial charge in [-0.3, -0.25) is 0 Å². The molecular weight excluding hydrogens is 412 g/mol. The van der Waals surface area contributed by atoms with E-state index >= 15 is 0 Å². The fourth-order valence-corrected chi connectivity index (χ4v) is 4.14. The first kappa shape index (κ1) is 13.4. The minimum absolute atomic E-state index is 0. The van der Waals surface area contributed by atoms with E-state index in [1.54, 1.807) is 0 Å². The molecule has 0 fully saturated rings. The summed E-state index contributed by atoms with van der Waals surface area (Å²) in [7, 11) is 5.69. The van der Waals surface area contributed by atoms with E-state index in [1.165, 1.54) is 3.07 Å². The first-order valence-corrected chi connectivity index (χ1v) is 13.4. The van der Waals surface area contributed by atoms with Gasteiger partial charge in [0.2, 0.25) is 0 Å². The summed E-state index contributed by atoms with van der Waals surface area (Å²) in [4.78, 5) is 0. The number of hydrogen-bond donors (Lipinski definition) is 0. The van der Waals surface area contributed by atoms with E-state index < -0.39 is 23.3 Å². The number of rotatable bonds is 1. The van der Waals surface area contributed by atoms with Crippen LogP contribution in [0.3, 0.4) is 0 Å². The van der Waals surface area contributed by atoms with Crippen molar-refractivity contribution in [2.24, 2.45) is 0 Å². The fourth-order valence-electron chi connectivity index (χ4n) is 0.824. The molecule has 0 nitrogen and oxygen atoms in total. The van der Waals surface area contributed by atoms with Gasteiger partial charge in [0.25, 0.3) is 0 Å². The zero-order chi connectivity index (χ0) is 8.65. The fraction of sp³-hybridized carbons (Fsp3) is 0. The molecule has 0 saturated carbocycles. The zero-order valence-electron chi connectivity index (χ0n) is 7.13. The predicted molar refractivity (Wildman–Crippen MR) is 49.6 cm³/mol. The van der Waals surface area contributed by atoms with E-state index in [1.807, 2.05) is 42.5 Å². The molecule has 13 heavy (non-hydrogen) atoms. The molecule has 0 spiro atoms. The Kier molecular flexibility index (Phi) is 9.33. The topological polar surface area (TPSA) is 0 Å². The van der Waals surface area contributed by atoms with Gasteiger partial charge in [-0.1, -0.05) is 0 Å². The van der Waals surface area contributed by atoms with E-state index in [-0.39, 0.29) is 17.1 Å². The molecule has 0 aliphatic heterocycles. The Morgan fingerprint density at radius 1 is 1.00 bits per heavy atom. The molecule has 0 unspecified atom stereocenters.